The fourth-order valence-electron chi connectivity index (χ4n) is 3.40. The lowest BCUT2D eigenvalue weighted by Gasteiger charge is -2.38. The smallest absolute Gasteiger partial charge is 0.322 e. The van der Waals surface area contributed by atoms with Crippen LogP contribution in [0.25, 0.3) is 0 Å². The predicted molar refractivity (Wildman–Crippen MR) is 91.7 cm³/mol. The molecule has 2 saturated heterocycles. The maximum absolute atomic E-state index is 12.8. The molecule has 0 aliphatic carbocycles. The predicted octanol–water partition coefficient (Wildman–Crippen LogP) is 2.67. The summed E-state index contributed by atoms with van der Waals surface area (Å²) in [5, 5.41) is 2.99. The van der Waals surface area contributed by atoms with E-state index in [0.29, 0.717) is 19.8 Å². The number of carbonyl (C=O) groups is 1. The summed E-state index contributed by atoms with van der Waals surface area (Å²) in [6.45, 7) is 4.54. The van der Waals surface area contributed by atoms with Gasteiger partial charge in [0.25, 0.3) is 0 Å². The maximum atomic E-state index is 12.8. The number of hydrogen-bond donors (Lipinski definition) is 1. The van der Waals surface area contributed by atoms with Gasteiger partial charge in [-0.15, -0.1) is 0 Å². The first-order valence-corrected chi connectivity index (χ1v) is 8.66. The Balaban J connectivity index is 1.70. The number of rotatable bonds is 4. The zero-order chi connectivity index (χ0) is 16.9. The molecule has 1 aromatic rings. The zero-order valence-electron chi connectivity index (χ0n) is 14.4. The van der Waals surface area contributed by atoms with Crippen molar-refractivity contribution in [3.8, 4) is 5.75 Å². The van der Waals surface area contributed by atoms with Crippen LogP contribution in [0.1, 0.15) is 25.3 Å². The third kappa shape index (κ3) is 3.65. The number of methoxy groups -OCH3 is 1. The molecule has 1 aromatic carbocycles. The molecule has 2 atom stereocenters. The summed E-state index contributed by atoms with van der Waals surface area (Å²) in [4.78, 5) is 14.6. The van der Waals surface area contributed by atoms with Gasteiger partial charge in [-0.1, -0.05) is 13.0 Å². The van der Waals surface area contributed by atoms with Gasteiger partial charge in [0.2, 0.25) is 0 Å². The van der Waals surface area contributed by atoms with Crippen molar-refractivity contribution in [1.29, 1.82) is 0 Å². The monoisotopic (exact) mass is 334 g/mol. The van der Waals surface area contributed by atoms with Crippen molar-refractivity contribution in [2.45, 2.75) is 38.3 Å². The molecule has 1 N–H and O–H groups in total. The van der Waals surface area contributed by atoms with Gasteiger partial charge in [0.05, 0.1) is 32.5 Å². The Morgan fingerprint density at radius 3 is 3.00 bits per heavy atom. The molecule has 24 heavy (non-hydrogen) atoms. The van der Waals surface area contributed by atoms with Crippen LogP contribution in [0.5, 0.6) is 5.75 Å². The third-order valence-corrected chi connectivity index (χ3v) is 4.74. The van der Waals surface area contributed by atoms with Gasteiger partial charge in [0.1, 0.15) is 5.75 Å². The Morgan fingerprint density at radius 2 is 2.29 bits per heavy atom. The maximum Gasteiger partial charge on any atom is 0.322 e. The van der Waals surface area contributed by atoms with Gasteiger partial charge in [0, 0.05) is 24.9 Å². The Bertz CT molecular complexity index is 572. The second-order valence-electron chi connectivity index (χ2n) is 6.20. The number of hydrogen-bond acceptors (Lipinski definition) is 4. The minimum atomic E-state index is -0.106. The quantitative estimate of drug-likeness (QED) is 0.920. The minimum Gasteiger partial charge on any atom is -0.496 e. The van der Waals surface area contributed by atoms with Crippen LogP contribution in [0.2, 0.25) is 0 Å². The first kappa shape index (κ1) is 17.0. The fourth-order valence-corrected chi connectivity index (χ4v) is 3.40. The Morgan fingerprint density at radius 1 is 1.42 bits per heavy atom. The molecule has 3 rings (SSSR count). The van der Waals surface area contributed by atoms with E-state index in [1.165, 1.54) is 0 Å². The molecule has 0 spiro atoms. The topological polar surface area (TPSA) is 60.0 Å². The van der Waals surface area contributed by atoms with Crippen LogP contribution in [-0.2, 0) is 15.9 Å². The lowest BCUT2D eigenvalue weighted by atomic mass is 10.1. The molecule has 6 nitrogen and oxygen atoms in total. The first-order valence-electron chi connectivity index (χ1n) is 8.66. The fraction of sp³-hybridized carbons (Fsp3) is 0.611. The molecule has 2 heterocycles. The van der Waals surface area contributed by atoms with Crippen LogP contribution >= 0.6 is 0 Å². The van der Waals surface area contributed by atoms with Gasteiger partial charge in [0.15, 0.2) is 0 Å². The number of ether oxygens (including phenoxy) is 3. The number of anilines is 1. The van der Waals surface area contributed by atoms with Crippen LogP contribution < -0.4 is 10.1 Å². The van der Waals surface area contributed by atoms with E-state index in [4.69, 9.17) is 14.2 Å². The van der Waals surface area contributed by atoms with E-state index in [-0.39, 0.29) is 18.2 Å². The molecule has 6 heteroatoms. The molecule has 2 amide bonds. The molecule has 0 radical (unpaired) electrons. The third-order valence-electron chi connectivity index (χ3n) is 4.74. The van der Waals surface area contributed by atoms with Gasteiger partial charge >= 0.3 is 6.03 Å². The number of carbonyl (C=O) groups excluding carboxylic acids is 1. The largest absolute Gasteiger partial charge is 0.496 e. The molecule has 0 aromatic heterocycles. The van der Waals surface area contributed by atoms with Crippen molar-refractivity contribution in [3.63, 3.8) is 0 Å². The van der Waals surface area contributed by atoms with Crippen molar-refractivity contribution >= 4 is 11.7 Å². The highest BCUT2D eigenvalue weighted by atomic mass is 16.5. The Kier molecular flexibility index (Phi) is 5.58. The molecule has 0 saturated carbocycles. The van der Waals surface area contributed by atoms with E-state index in [1.807, 2.05) is 23.1 Å². The van der Waals surface area contributed by atoms with Crippen molar-refractivity contribution in [1.82, 2.24) is 4.90 Å². The minimum absolute atomic E-state index is 0.0157. The number of morpholine rings is 1. The summed E-state index contributed by atoms with van der Waals surface area (Å²) >= 11 is 0. The van der Waals surface area contributed by atoms with E-state index in [2.05, 4.69) is 12.2 Å². The number of benzene rings is 1. The lowest BCUT2D eigenvalue weighted by molar-refractivity contribution is -0.0452. The average Bonchev–Trinajstić information content (AvgIpc) is 3.16. The SMILES string of the molecule is CCc1ccc(NC(=O)N2CCOC[C@H]2[C@H]2CCCO2)cc1OC. The van der Waals surface area contributed by atoms with Gasteiger partial charge < -0.3 is 24.4 Å². The van der Waals surface area contributed by atoms with E-state index in [1.54, 1.807) is 7.11 Å². The summed E-state index contributed by atoms with van der Waals surface area (Å²) < 4.78 is 16.7. The second kappa shape index (κ2) is 7.85. The highest BCUT2D eigenvalue weighted by Crippen LogP contribution is 2.26. The van der Waals surface area contributed by atoms with E-state index < -0.39 is 0 Å². The standard InChI is InChI=1S/C18H26N2O4/c1-3-13-6-7-14(11-17(13)22-2)19-18(21)20-8-10-23-12-15(20)16-5-4-9-24-16/h6-7,11,15-16H,3-5,8-10,12H2,1-2H3,(H,19,21)/t15-,16+/m0/s1. The number of amides is 2. The normalized spacial score (nSPS) is 24.0. The van der Waals surface area contributed by atoms with Crippen molar-refractivity contribution in [2.75, 3.05) is 38.8 Å². The number of urea groups is 1. The molecule has 2 aliphatic heterocycles. The summed E-state index contributed by atoms with van der Waals surface area (Å²) in [5.74, 6) is 0.799. The molecular weight excluding hydrogens is 308 g/mol. The van der Waals surface area contributed by atoms with Gasteiger partial charge in [-0.25, -0.2) is 4.79 Å². The van der Waals surface area contributed by atoms with Crippen LogP contribution in [-0.4, -0.2) is 56.6 Å². The van der Waals surface area contributed by atoms with Crippen LogP contribution in [0.3, 0.4) is 0 Å². The molecule has 0 bridgehead atoms. The molecular formula is C18H26N2O4. The summed E-state index contributed by atoms with van der Waals surface area (Å²) in [6, 6.07) is 5.66. The van der Waals surface area contributed by atoms with Crippen LogP contribution in [0.4, 0.5) is 10.5 Å². The number of nitrogens with zero attached hydrogens (tertiary/aromatic N) is 1. The first-order chi connectivity index (χ1) is 11.7. The van der Waals surface area contributed by atoms with Gasteiger partial charge in [-0.2, -0.15) is 0 Å². The second-order valence-corrected chi connectivity index (χ2v) is 6.20. The van der Waals surface area contributed by atoms with E-state index in [9.17, 15) is 4.79 Å². The van der Waals surface area contributed by atoms with Crippen molar-refractivity contribution < 1.29 is 19.0 Å². The summed E-state index contributed by atoms with van der Waals surface area (Å²) in [5.41, 5.74) is 1.87. The number of aryl methyl sites for hydroxylation is 1. The molecule has 2 fully saturated rings. The number of nitrogens with one attached hydrogen (secondary N) is 1. The highest BCUT2D eigenvalue weighted by Gasteiger charge is 2.36. The average molecular weight is 334 g/mol. The molecule has 132 valence electrons. The van der Waals surface area contributed by atoms with Crippen LogP contribution in [0, 0.1) is 0 Å². The lowest BCUT2D eigenvalue weighted by Crippen LogP contribution is -2.55. The molecule has 2 aliphatic rings. The Labute approximate surface area is 143 Å². The Hall–Kier alpha value is -1.79. The van der Waals surface area contributed by atoms with E-state index in [0.717, 1.165) is 42.9 Å². The summed E-state index contributed by atoms with van der Waals surface area (Å²) in [7, 11) is 1.65. The van der Waals surface area contributed by atoms with Gasteiger partial charge in [-0.05, 0) is 30.9 Å². The highest BCUT2D eigenvalue weighted by molar-refractivity contribution is 5.90. The summed E-state index contributed by atoms with van der Waals surface area (Å²) in [6.07, 6.45) is 3.00. The van der Waals surface area contributed by atoms with Crippen LogP contribution in [0.15, 0.2) is 18.2 Å². The molecule has 0 unspecified atom stereocenters. The zero-order valence-corrected chi connectivity index (χ0v) is 14.4. The van der Waals surface area contributed by atoms with Crippen molar-refractivity contribution in [3.05, 3.63) is 23.8 Å². The van der Waals surface area contributed by atoms with Crippen molar-refractivity contribution in [2.24, 2.45) is 0 Å². The van der Waals surface area contributed by atoms with Gasteiger partial charge in [-0.3, -0.25) is 0 Å². The van der Waals surface area contributed by atoms with E-state index >= 15 is 0 Å².